The normalized spacial score (nSPS) is 29.4. The Kier molecular flexibility index (Phi) is 2.83. The van der Waals surface area contributed by atoms with Crippen LogP contribution < -0.4 is 0 Å². The molecule has 3 heterocycles. The molecule has 1 N–H and O–H groups in total. The third-order valence-electron chi connectivity index (χ3n) is 3.80. The molecule has 2 saturated heterocycles. The lowest BCUT2D eigenvalue weighted by Gasteiger charge is -2.38. The van der Waals surface area contributed by atoms with Crippen molar-refractivity contribution in [1.29, 1.82) is 0 Å². The Labute approximate surface area is 106 Å². The van der Waals surface area contributed by atoms with Gasteiger partial charge < -0.3 is 9.64 Å². The highest BCUT2D eigenvalue weighted by molar-refractivity contribution is 5.78. The number of aromatic nitrogens is 2. The van der Waals surface area contributed by atoms with Gasteiger partial charge in [0.15, 0.2) is 0 Å². The van der Waals surface area contributed by atoms with Gasteiger partial charge in [0.1, 0.15) is 12.2 Å². The number of likely N-dealkylation sites (tertiary alicyclic amines) is 1. The van der Waals surface area contributed by atoms with Gasteiger partial charge in [-0.1, -0.05) is 0 Å². The molecule has 0 unspecified atom stereocenters. The van der Waals surface area contributed by atoms with Crippen molar-refractivity contribution in [2.45, 2.75) is 18.6 Å². The Morgan fingerprint density at radius 1 is 1.56 bits per heavy atom. The minimum absolute atomic E-state index is 0.0765. The van der Waals surface area contributed by atoms with Gasteiger partial charge in [-0.15, -0.1) is 0 Å². The van der Waals surface area contributed by atoms with Crippen molar-refractivity contribution in [3.05, 3.63) is 18.0 Å². The first-order valence-corrected chi connectivity index (χ1v) is 6.25. The highest BCUT2D eigenvalue weighted by Crippen LogP contribution is 2.29. The molecule has 1 atom stereocenters. The summed E-state index contributed by atoms with van der Waals surface area (Å²) in [5.41, 5.74) is 0.954. The number of hydrogen-bond acceptors (Lipinski definition) is 4. The zero-order chi connectivity index (χ0) is 12.6. The van der Waals surface area contributed by atoms with Crippen LogP contribution in [0.15, 0.2) is 12.3 Å². The van der Waals surface area contributed by atoms with Crippen molar-refractivity contribution in [3.8, 4) is 0 Å². The predicted molar refractivity (Wildman–Crippen MR) is 64.8 cm³/mol. The van der Waals surface area contributed by atoms with Crippen molar-refractivity contribution < 1.29 is 9.53 Å². The maximum Gasteiger partial charge on any atom is 0.248 e. The standard InChI is InChI=1S/C12H18N4O2/c1-15-8-12(18-7-11(15)17)3-5-16(9-12)6-10-2-4-13-14-10/h2,4H,3,5-9H2,1H3,(H,13,14)/t12-/m0/s1. The fraction of sp³-hybridized carbons (Fsp3) is 0.667. The number of nitrogens with zero attached hydrogens (tertiary/aromatic N) is 3. The summed E-state index contributed by atoms with van der Waals surface area (Å²) in [5.74, 6) is 0.0765. The lowest BCUT2D eigenvalue weighted by Crippen LogP contribution is -2.54. The highest BCUT2D eigenvalue weighted by atomic mass is 16.5. The van der Waals surface area contributed by atoms with E-state index in [4.69, 9.17) is 4.74 Å². The van der Waals surface area contributed by atoms with Gasteiger partial charge in [0.25, 0.3) is 0 Å². The van der Waals surface area contributed by atoms with E-state index in [1.54, 1.807) is 11.1 Å². The van der Waals surface area contributed by atoms with Gasteiger partial charge in [-0.05, 0) is 12.5 Å². The van der Waals surface area contributed by atoms with Crippen LogP contribution in [0.3, 0.4) is 0 Å². The van der Waals surface area contributed by atoms with Crippen molar-refractivity contribution in [2.75, 3.05) is 33.3 Å². The second-order valence-corrected chi connectivity index (χ2v) is 5.26. The largest absolute Gasteiger partial charge is 0.362 e. The van der Waals surface area contributed by atoms with Crippen LogP contribution in [0.2, 0.25) is 0 Å². The second kappa shape index (κ2) is 4.37. The van der Waals surface area contributed by atoms with E-state index < -0.39 is 0 Å². The first kappa shape index (κ1) is 11.7. The monoisotopic (exact) mass is 250 g/mol. The number of nitrogens with one attached hydrogen (secondary N) is 1. The molecule has 1 aromatic heterocycles. The summed E-state index contributed by atoms with van der Waals surface area (Å²) in [6.45, 7) is 3.66. The third-order valence-corrected chi connectivity index (χ3v) is 3.80. The van der Waals surface area contributed by atoms with Crippen LogP contribution >= 0.6 is 0 Å². The number of likely N-dealkylation sites (N-methyl/N-ethyl adjacent to an activating group) is 1. The van der Waals surface area contributed by atoms with E-state index in [-0.39, 0.29) is 18.1 Å². The Morgan fingerprint density at radius 3 is 3.17 bits per heavy atom. The van der Waals surface area contributed by atoms with Gasteiger partial charge in [0, 0.05) is 38.6 Å². The summed E-state index contributed by atoms with van der Waals surface area (Å²) in [4.78, 5) is 15.6. The number of morpholine rings is 1. The first-order chi connectivity index (χ1) is 8.67. The van der Waals surface area contributed by atoms with Gasteiger partial charge >= 0.3 is 0 Å². The molecule has 6 nitrogen and oxygen atoms in total. The van der Waals surface area contributed by atoms with E-state index in [2.05, 4.69) is 15.1 Å². The number of H-pyrrole nitrogens is 1. The Morgan fingerprint density at radius 2 is 2.44 bits per heavy atom. The summed E-state index contributed by atoms with van der Waals surface area (Å²) >= 11 is 0. The Balaban J connectivity index is 1.62. The lowest BCUT2D eigenvalue weighted by molar-refractivity contribution is -0.159. The molecule has 1 amide bonds. The van der Waals surface area contributed by atoms with Gasteiger partial charge in [-0.2, -0.15) is 5.10 Å². The van der Waals surface area contributed by atoms with E-state index in [0.717, 1.165) is 31.7 Å². The number of carbonyl (C=O) groups is 1. The minimum Gasteiger partial charge on any atom is -0.362 e. The summed E-state index contributed by atoms with van der Waals surface area (Å²) in [7, 11) is 1.85. The molecule has 0 aliphatic carbocycles. The highest BCUT2D eigenvalue weighted by Gasteiger charge is 2.43. The van der Waals surface area contributed by atoms with Crippen molar-refractivity contribution in [3.63, 3.8) is 0 Å². The first-order valence-electron chi connectivity index (χ1n) is 6.25. The van der Waals surface area contributed by atoms with Crippen molar-refractivity contribution in [2.24, 2.45) is 0 Å². The topological polar surface area (TPSA) is 61.5 Å². The van der Waals surface area contributed by atoms with Crippen LogP contribution in [0.4, 0.5) is 0 Å². The maximum absolute atomic E-state index is 11.4. The summed E-state index contributed by atoms with van der Waals surface area (Å²) in [6.07, 6.45) is 2.75. The number of ether oxygens (including phenoxy) is 1. The average molecular weight is 250 g/mol. The molecule has 2 fully saturated rings. The molecule has 6 heteroatoms. The SMILES string of the molecule is CN1C[C@]2(CCN(Cc3ccn[nH]3)C2)OCC1=O. The molecule has 0 bridgehead atoms. The van der Waals surface area contributed by atoms with E-state index in [0.29, 0.717) is 6.54 Å². The molecule has 2 aliphatic heterocycles. The molecular weight excluding hydrogens is 232 g/mol. The van der Waals surface area contributed by atoms with Crippen molar-refractivity contribution in [1.82, 2.24) is 20.0 Å². The number of aromatic amines is 1. The van der Waals surface area contributed by atoms with Crippen LogP contribution in [0.1, 0.15) is 12.1 Å². The average Bonchev–Trinajstić information content (AvgIpc) is 2.96. The second-order valence-electron chi connectivity index (χ2n) is 5.26. The van der Waals surface area contributed by atoms with E-state index >= 15 is 0 Å². The summed E-state index contributed by atoms with van der Waals surface area (Å²) in [5, 5.41) is 6.93. The number of amides is 1. The number of rotatable bonds is 2. The molecule has 18 heavy (non-hydrogen) atoms. The zero-order valence-corrected chi connectivity index (χ0v) is 10.6. The van der Waals surface area contributed by atoms with E-state index in [1.165, 1.54) is 0 Å². The number of hydrogen-bond donors (Lipinski definition) is 1. The molecule has 3 rings (SSSR count). The van der Waals surface area contributed by atoms with E-state index in [9.17, 15) is 4.79 Å². The van der Waals surface area contributed by atoms with Crippen molar-refractivity contribution >= 4 is 5.91 Å². The molecule has 1 aromatic rings. The molecule has 98 valence electrons. The minimum atomic E-state index is -0.164. The summed E-state index contributed by atoms with van der Waals surface area (Å²) in [6, 6.07) is 1.99. The van der Waals surface area contributed by atoms with E-state index in [1.807, 2.05) is 13.1 Å². The molecule has 2 aliphatic rings. The van der Waals surface area contributed by atoms with Crippen LogP contribution in [0, 0.1) is 0 Å². The van der Waals surface area contributed by atoms with Crippen LogP contribution in [0.25, 0.3) is 0 Å². The molecule has 0 aromatic carbocycles. The van der Waals surface area contributed by atoms with Gasteiger partial charge in [0.2, 0.25) is 5.91 Å². The lowest BCUT2D eigenvalue weighted by atomic mass is 10.0. The quantitative estimate of drug-likeness (QED) is 0.792. The molecule has 0 saturated carbocycles. The summed E-state index contributed by atoms with van der Waals surface area (Å²) < 4.78 is 5.80. The van der Waals surface area contributed by atoms with Gasteiger partial charge in [-0.3, -0.25) is 14.8 Å². The number of carbonyl (C=O) groups excluding carboxylic acids is 1. The van der Waals surface area contributed by atoms with Crippen LogP contribution in [-0.2, 0) is 16.1 Å². The smallest absolute Gasteiger partial charge is 0.248 e. The Hall–Kier alpha value is -1.40. The molecule has 1 spiro atoms. The molecular formula is C12H18N4O2. The fourth-order valence-electron chi connectivity index (χ4n) is 2.81. The van der Waals surface area contributed by atoms with Gasteiger partial charge in [0.05, 0.1) is 6.54 Å². The zero-order valence-electron chi connectivity index (χ0n) is 10.6. The predicted octanol–water partition coefficient (Wildman–Crippen LogP) is -0.157. The van der Waals surface area contributed by atoms with Crippen LogP contribution in [-0.4, -0.2) is 64.8 Å². The third kappa shape index (κ3) is 2.13. The fourth-order valence-corrected chi connectivity index (χ4v) is 2.81. The van der Waals surface area contributed by atoms with Gasteiger partial charge in [-0.25, -0.2) is 0 Å². The Bertz CT molecular complexity index is 433. The maximum atomic E-state index is 11.4. The van der Waals surface area contributed by atoms with Crippen LogP contribution in [0.5, 0.6) is 0 Å². The molecule has 0 radical (unpaired) electrons.